The molecule has 0 unspecified atom stereocenters. The third-order valence-electron chi connectivity index (χ3n) is 5.01. The summed E-state index contributed by atoms with van der Waals surface area (Å²) < 4.78 is 24.6. The second-order valence-corrected chi connectivity index (χ2v) is 7.89. The van der Waals surface area contributed by atoms with Gasteiger partial charge >= 0.3 is 0 Å². The van der Waals surface area contributed by atoms with Gasteiger partial charge in [0.2, 0.25) is 6.43 Å². The highest BCUT2D eigenvalue weighted by molar-refractivity contribution is 7.11. The van der Waals surface area contributed by atoms with E-state index in [1.165, 1.54) is 49.9 Å². The molecule has 2 heterocycles. The van der Waals surface area contributed by atoms with Crippen LogP contribution >= 0.6 is 11.3 Å². The molecule has 0 amide bonds. The van der Waals surface area contributed by atoms with Crippen molar-refractivity contribution in [2.75, 3.05) is 13.1 Å². The third-order valence-corrected chi connectivity index (χ3v) is 6.22. The van der Waals surface area contributed by atoms with Gasteiger partial charge in [0.05, 0.1) is 10.7 Å². The smallest absolute Gasteiger partial charge is 0.239 e. The molecule has 0 bridgehead atoms. The van der Waals surface area contributed by atoms with Crippen molar-refractivity contribution in [3.63, 3.8) is 0 Å². The lowest BCUT2D eigenvalue weighted by Gasteiger charge is -2.29. The number of nitrogens with zero attached hydrogens (tertiary/aromatic N) is 2. The molecule has 0 saturated heterocycles. The van der Waals surface area contributed by atoms with E-state index in [0.717, 1.165) is 36.1 Å². The first-order valence-electron chi connectivity index (χ1n) is 8.68. The van der Waals surface area contributed by atoms with Crippen LogP contribution in [0.4, 0.5) is 8.78 Å². The van der Waals surface area contributed by atoms with E-state index in [1.54, 1.807) is 11.3 Å². The second-order valence-electron chi connectivity index (χ2n) is 6.73. The van der Waals surface area contributed by atoms with Gasteiger partial charge in [0, 0.05) is 30.8 Å². The minimum Gasteiger partial charge on any atom is -0.297 e. The van der Waals surface area contributed by atoms with Crippen LogP contribution in [0.2, 0.25) is 0 Å². The number of rotatable bonds is 6. The van der Waals surface area contributed by atoms with Crippen molar-refractivity contribution in [3.05, 3.63) is 15.6 Å². The topological polar surface area (TPSA) is 16.1 Å². The molecule has 1 saturated carbocycles. The molecule has 5 heteroatoms. The van der Waals surface area contributed by atoms with Crippen molar-refractivity contribution in [3.8, 4) is 0 Å². The lowest BCUT2D eigenvalue weighted by molar-refractivity contribution is 0.138. The normalized spacial score (nSPS) is 20.5. The van der Waals surface area contributed by atoms with E-state index in [9.17, 15) is 8.78 Å². The second kappa shape index (κ2) is 7.82. The van der Waals surface area contributed by atoms with E-state index >= 15 is 0 Å². The first-order valence-corrected chi connectivity index (χ1v) is 9.50. The van der Waals surface area contributed by atoms with Crippen LogP contribution in [0.5, 0.6) is 0 Å². The summed E-state index contributed by atoms with van der Waals surface area (Å²) in [6.45, 7) is 3.21. The van der Waals surface area contributed by atoms with Crippen LogP contribution in [0.15, 0.2) is 0 Å². The van der Waals surface area contributed by atoms with Gasteiger partial charge in [-0.15, -0.1) is 11.3 Å². The summed E-state index contributed by atoms with van der Waals surface area (Å²) in [6, 6.07) is 0. The molecule has 2 nitrogen and oxygen atoms in total. The number of hydrogen-bond acceptors (Lipinski definition) is 3. The molecule has 0 N–H and O–H groups in total. The molecule has 1 aromatic rings. The number of halogens is 2. The van der Waals surface area contributed by atoms with Gasteiger partial charge < -0.3 is 0 Å². The predicted octanol–water partition coefficient (Wildman–Crippen LogP) is 4.67. The van der Waals surface area contributed by atoms with Crippen molar-refractivity contribution < 1.29 is 8.78 Å². The molecule has 0 radical (unpaired) electrons. The Kier molecular flexibility index (Phi) is 5.80. The molecule has 1 aromatic heterocycles. The van der Waals surface area contributed by atoms with Crippen molar-refractivity contribution in [2.24, 2.45) is 5.92 Å². The summed E-state index contributed by atoms with van der Waals surface area (Å²) in [5.74, 6) is 0.923. The molecular weight excluding hydrogens is 302 g/mol. The van der Waals surface area contributed by atoms with Crippen LogP contribution in [-0.2, 0) is 19.4 Å². The van der Waals surface area contributed by atoms with E-state index < -0.39 is 6.43 Å². The van der Waals surface area contributed by atoms with Crippen LogP contribution in [0.3, 0.4) is 0 Å². The van der Waals surface area contributed by atoms with Gasteiger partial charge in [-0.25, -0.2) is 13.8 Å². The summed E-state index contributed by atoms with van der Waals surface area (Å²) >= 11 is 1.65. The maximum atomic E-state index is 12.3. The zero-order valence-electron chi connectivity index (χ0n) is 13.2. The number of hydrogen-bond donors (Lipinski definition) is 0. The highest BCUT2D eigenvalue weighted by atomic mass is 32.1. The average Bonchev–Trinajstić information content (AvgIpc) is 2.94. The largest absolute Gasteiger partial charge is 0.297 e. The standard InChI is InChI=1S/C17H26F2N2S/c18-16(19)6-7-17-20-14-12-21(11-9-15(14)22-17)10-8-13-4-2-1-3-5-13/h13,16H,1-12H2. The molecule has 1 fully saturated rings. The van der Waals surface area contributed by atoms with Gasteiger partial charge in [0.15, 0.2) is 0 Å². The summed E-state index contributed by atoms with van der Waals surface area (Å²) in [7, 11) is 0. The SMILES string of the molecule is FC(F)CCc1nc2c(s1)CCN(CCC1CCCCC1)C2. The van der Waals surface area contributed by atoms with Crippen molar-refractivity contribution in [1.29, 1.82) is 0 Å². The summed E-state index contributed by atoms with van der Waals surface area (Å²) in [5, 5.41) is 0.902. The van der Waals surface area contributed by atoms with Gasteiger partial charge in [0.25, 0.3) is 0 Å². The zero-order valence-corrected chi connectivity index (χ0v) is 14.0. The van der Waals surface area contributed by atoms with Gasteiger partial charge in [-0.05, 0) is 25.3 Å². The Morgan fingerprint density at radius 3 is 2.82 bits per heavy atom. The molecule has 0 atom stereocenters. The molecule has 22 heavy (non-hydrogen) atoms. The number of aromatic nitrogens is 1. The molecule has 1 aliphatic carbocycles. The van der Waals surface area contributed by atoms with Crippen LogP contribution in [0.25, 0.3) is 0 Å². The lowest BCUT2D eigenvalue weighted by Crippen LogP contribution is -2.32. The van der Waals surface area contributed by atoms with Gasteiger partial charge in [0.1, 0.15) is 0 Å². The van der Waals surface area contributed by atoms with E-state index in [-0.39, 0.29) is 6.42 Å². The molecule has 1 aliphatic heterocycles. The van der Waals surface area contributed by atoms with Gasteiger partial charge in [-0.2, -0.15) is 0 Å². The van der Waals surface area contributed by atoms with Gasteiger partial charge in [-0.3, -0.25) is 4.90 Å². The highest BCUT2D eigenvalue weighted by Crippen LogP contribution is 2.29. The average molecular weight is 328 g/mol. The Morgan fingerprint density at radius 1 is 1.23 bits per heavy atom. The fraction of sp³-hybridized carbons (Fsp3) is 0.824. The number of alkyl halides is 2. The fourth-order valence-corrected chi connectivity index (χ4v) is 4.76. The van der Waals surface area contributed by atoms with Crippen LogP contribution in [-0.4, -0.2) is 29.4 Å². The lowest BCUT2D eigenvalue weighted by atomic mass is 9.87. The quantitative estimate of drug-likeness (QED) is 0.754. The number of thiazole rings is 1. The molecule has 3 rings (SSSR count). The monoisotopic (exact) mass is 328 g/mol. The molecule has 2 aliphatic rings. The summed E-state index contributed by atoms with van der Waals surface area (Å²) in [5.41, 5.74) is 1.16. The van der Waals surface area contributed by atoms with Crippen molar-refractivity contribution >= 4 is 11.3 Å². The molecule has 124 valence electrons. The Balaban J connectivity index is 1.48. The third kappa shape index (κ3) is 4.48. The zero-order chi connectivity index (χ0) is 15.4. The van der Waals surface area contributed by atoms with E-state index in [2.05, 4.69) is 9.88 Å². The molecular formula is C17H26F2N2S. The Bertz CT molecular complexity index is 469. The minimum absolute atomic E-state index is 0.0578. The van der Waals surface area contributed by atoms with E-state index in [0.29, 0.717) is 6.42 Å². The fourth-order valence-electron chi connectivity index (χ4n) is 3.68. The van der Waals surface area contributed by atoms with Crippen molar-refractivity contribution in [2.45, 2.75) is 70.8 Å². The maximum absolute atomic E-state index is 12.3. The van der Waals surface area contributed by atoms with Gasteiger partial charge in [-0.1, -0.05) is 32.1 Å². The molecule has 0 spiro atoms. The Hall–Kier alpha value is -0.550. The minimum atomic E-state index is -2.21. The van der Waals surface area contributed by atoms with E-state index in [1.807, 2.05) is 0 Å². The maximum Gasteiger partial charge on any atom is 0.239 e. The van der Waals surface area contributed by atoms with Crippen LogP contribution < -0.4 is 0 Å². The Morgan fingerprint density at radius 2 is 2.05 bits per heavy atom. The van der Waals surface area contributed by atoms with E-state index in [4.69, 9.17) is 0 Å². The Labute approximate surface area is 135 Å². The van der Waals surface area contributed by atoms with Crippen LogP contribution in [0.1, 0.15) is 60.5 Å². The molecule has 0 aromatic carbocycles. The van der Waals surface area contributed by atoms with Crippen molar-refractivity contribution in [1.82, 2.24) is 9.88 Å². The van der Waals surface area contributed by atoms with Crippen LogP contribution in [0, 0.1) is 5.92 Å². The predicted molar refractivity (Wildman–Crippen MR) is 86.6 cm³/mol. The summed E-state index contributed by atoms with van der Waals surface area (Å²) in [4.78, 5) is 8.45. The summed E-state index contributed by atoms with van der Waals surface area (Å²) in [6.07, 6.45) is 7.58. The first-order chi connectivity index (χ1) is 10.7. The first kappa shape index (κ1) is 16.3. The highest BCUT2D eigenvalue weighted by Gasteiger charge is 2.22. The number of fused-ring (bicyclic) bond motifs is 1. The number of aryl methyl sites for hydroxylation is 1.